The second kappa shape index (κ2) is 9.68. The quantitative estimate of drug-likeness (QED) is 0.688. The topological polar surface area (TPSA) is 84.9 Å². The summed E-state index contributed by atoms with van der Waals surface area (Å²) < 4.78 is 38.2. The molecular weight excluding hydrogens is 428 g/mol. The van der Waals surface area contributed by atoms with E-state index in [1.165, 1.54) is 23.5 Å². The van der Waals surface area contributed by atoms with E-state index in [-0.39, 0.29) is 17.2 Å². The van der Waals surface area contributed by atoms with Crippen molar-refractivity contribution in [2.24, 2.45) is 0 Å². The average molecular weight is 453 g/mol. The molecule has 0 bridgehead atoms. The highest BCUT2D eigenvalue weighted by Crippen LogP contribution is 2.31. The van der Waals surface area contributed by atoms with Gasteiger partial charge in [0.15, 0.2) is 0 Å². The molecule has 1 atom stereocenters. The first-order chi connectivity index (χ1) is 14.3. The summed E-state index contributed by atoms with van der Waals surface area (Å²) in [4.78, 5) is 12.9. The Balaban J connectivity index is 1.75. The molecule has 3 rings (SSSR count). The molecule has 1 unspecified atom stereocenters. The number of halogens is 1. The minimum absolute atomic E-state index is 0.0575. The van der Waals surface area contributed by atoms with Crippen molar-refractivity contribution in [1.29, 1.82) is 0 Å². The lowest BCUT2D eigenvalue weighted by molar-refractivity contribution is -0.117. The van der Waals surface area contributed by atoms with Gasteiger partial charge in [0.1, 0.15) is 11.5 Å². The Morgan fingerprint density at radius 3 is 2.53 bits per heavy atom. The van der Waals surface area contributed by atoms with E-state index in [1.807, 2.05) is 0 Å². The molecule has 2 aromatic carbocycles. The number of nitrogens with zero attached hydrogens (tertiary/aromatic N) is 1. The average Bonchev–Trinajstić information content (AvgIpc) is 2.74. The van der Waals surface area contributed by atoms with Crippen LogP contribution in [-0.2, 0) is 14.8 Å². The van der Waals surface area contributed by atoms with Crippen LogP contribution >= 0.6 is 11.6 Å². The fourth-order valence-corrected chi connectivity index (χ4v) is 5.37. The van der Waals surface area contributed by atoms with E-state index in [0.29, 0.717) is 35.2 Å². The molecule has 7 nitrogen and oxygen atoms in total. The largest absolute Gasteiger partial charge is 0.497 e. The van der Waals surface area contributed by atoms with E-state index in [2.05, 4.69) is 5.32 Å². The van der Waals surface area contributed by atoms with Gasteiger partial charge in [-0.2, -0.15) is 4.31 Å². The fourth-order valence-electron chi connectivity index (χ4n) is 3.55. The van der Waals surface area contributed by atoms with Crippen molar-refractivity contribution >= 4 is 33.2 Å². The van der Waals surface area contributed by atoms with E-state index in [0.717, 1.165) is 12.8 Å². The first-order valence-electron chi connectivity index (χ1n) is 9.64. The first kappa shape index (κ1) is 22.4. The molecule has 1 fully saturated rings. The van der Waals surface area contributed by atoms with E-state index in [4.69, 9.17) is 21.1 Å². The fraction of sp³-hybridized carbons (Fsp3) is 0.381. The summed E-state index contributed by atoms with van der Waals surface area (Å²) in [5.41, 5.74) is 0.506. The highest BCUT2D eigenvalue weighted by atomic mass is 35.5. The van der Waals surface area contributed by atoms with Gasteiger partial charge in [-0.25, -0.2) is 8.42 Å². The van der Waals surface area contributed by atoms with Crippen LogP contribution in [0.5, 0.6) is 11.5 Å². The number of methoxy groups -OCH3 is 2. The van der Waals surface area contributed by atoms with E-state index < -0.39 is 16.1 Å². The normalized spacial score (nSPS) is 17.4. The van der Waals surface area contributed by atoms with Gasteiger partial charge in [-0.15, -0.1) is 0 Å². The van der Waals surface area contributed by atoms with Crippen LogP contribution in [0.2, 0.25) is 5.02 Å². The second-order valence-electron chi connectivity index (χ2n) is 7.04. The summed E-state index contributed by atoms with van der Waals surface area (Å²) in [6.45, 7) is 0.384. The minimum atomic E-state index is -3.71. The summed E-state index contributed by atoms with van der Waals surface area (Å²) >= 11 is 5.89. The summed E-state index contributed by atoms with van der Waals surface area (Å²) in [5.74, 6) is 0.802. The molecule has 9 heteroatoms. The maximum atomic E-state index is 13.1. The van der Waals surface area contributed by atoms with Crippen LogP contribution in [0.4, 0.5) is 5.69 Å². The van der Waals surface area contributed by atoms with Gasteiger partial charge in [0, 0.05) is 30.1 Å². The van der Waals surface area contributed by atoms with Crippen LogP contribution in [-0.4, -0.2) is 45.4 Å². The zero-order valence-corrected chi connectivity index (χ0v) is 18.5. The second-order valence-corrected chi connectivity index (χ2v) is 9.36. The van der Waals surface area contributed by atoms with Crippen molar-refractivity contribution in [1.82, 2.24) is 4.31 Å². The van der Waals surface area contributed by atoms with Gasteiger partial charge in [-0.3, -0.25) is 4.79 Å². The number of amides is 1. The predicted molar refractivity (Wildman–Crippen MR) is 116 cm³/mol. The number of benzene rings is 2. The van der Waals surface area contributed by atoms with Gasteiger partial charge in [-0.05, 0) is 49.2 Å². The highest BCUT2D eigenvalue weighted by molar-refractivity contribution is 7.89. The maximum Gasteiger partial charge on any atom is 0.243 e. The lowest BCUT2D eigenvalue weighted by Crippen LogP contribution is -2.45. The summed E-state index contributed by atoms with van der Waals surface area (Å²) in [5, 5.41) is 3.29. The predicted octanol–water partition coefficient (Wildman–Crippen LogP) is 3.93. The molecule has 1 amide bonds. The number of nitrogens with one attached hydrogen (secondary N) is 1. The Hall–Kier alpha value is -2.29. The smallest absolute Gasteiger partial charge is 0.243 e. The molecule has 2 aromatic rings. The molecular formula is C21H25ClN2O5S. The van der Waals surface area contributed by atoms with Crippen molar-refractivity contribution in [3.63, 3.8) is 0 Å². The zero-order chi connectivity index (χ0) is 21.7. The summed E-state index contributed by atoms with van der Waals surface area (Å²) in [7, 11) is -0.661. The van der Waals surface area contributed by atoms with Crippen molar-refractivity contribution in [2.45, 2.75) is 36.6 Å². The molecule has 1 heterocycles. The Morgan fingerprint density at radius 1 is 1.13 bits per heavy atom. The third-order valence-electron chi connectivity index (χ3n) is 5.10. The molecule has 1 aliphatic heterocycles. The minimum Gasteiger partial charge on any atom is -0.497 e. The zero-order valence-electron chi connectivity index (χ0n) is 16.9. The standard InChI is InChI=1S/C21H25ClN2O5S/c1-28-17-8-11-19(20(14-17)29-2)23-21(25)13-16-5-3-4-12-24(16)30(26,27)18-9-6-15(22)7-10-18/h6-11,14,16H,3-5,12-13H2,1-2H3,(H,23,25). The molecule has 1 N–H and O–H groups in total. The monoisotopic (exact) mass is 452 g/mol. The molecule has 1 aliphatic rings. The molecule has 0 radical (unpaired) electrons. The Kier molecular flexibility index (Phi) is 7.23. The van der Waals surface area contributed by atoms with E-state index in [1.54, 1.807) is 37.4 Å². The van der Waals surface area contributed by atoms with Gasteiger partial charge in [0.25, 0.3) is 0 Å². The number of sulfonamides is 1. The lowest BCUT2D eigenvalue weighted by Gasteiger charge is -2.34. The molecule has 0 saturated carbocycles. The van der Waals surface area contributed by atoms with Gasteiger partial charge in [0.2, 0.25) is 15.9 Å². The Labute approximate surface area is 182 Å². The molecule has 30 heavy (non-hydrogen) atoms. The van der Waals surface area contributed by atoms with E-state index >= 15 is 0 Å². The van der Waals surface area contributed by atoms with Gasteiger partial charge in [0.05, 0.1) is 24.8 Å². The first-order valence-corrected chi connectivity index (χ1v) is 11.5. The number of rotatable bonds is 7. The number of anilines is 1. The molecule has 0 spiro atoms. The molecule has 162 valence electrons. The number of hydrogen-bond acceptors (Lipinski definition) is 5. The van der Waals surface area contributed by atoms with Crippen LogP contribution in [0.3, 0.4) is 0 Å². The number of ether oxygens (including phenoxy) is 2. The van der Waals surface area contributed by atoms with Crippen molar-refractivity contribution in [3.05, 3.63) is 47.5 Å². The van der Waals surface area contributed by atoms with Crippen LogP contribution in [0.15, 0.2) is 47.4 Å². The van der Waals surface area contributed by atoms with Crippen LogP contribution in [0.1, 0.15) is 25.7 Å². The SMILES string of the molecule is COc1ccc(NC(=O)CC2CCCCN2S(=O)(=O)c2ccc(Cl)cc2)c(OC)c1. The number of carbonyl (C=O) groups excluding carboxylic acids is 1. The third-order valence-corrected chi connectivity index (χ3v) is 7.32. The maximum absolute atomic E-state index is 13.1. The van der Waals surface area contributed by atoms with Crippen LogP contribution < -0.4 is 14.8 Å². The molecule has 0 aliphatic carbocycles. The number of piperidine rings is 1. The van der Waals surface area contributed by atoms with Gasteiger partial charge >= 0.3 is 0 Å². The van der Waals surface area contributed by atoms with Crippen molar-refractivity contribution in [2.75, 3.05) is 26.1 Å². The van der Waals surface area contributed by atoms with Gasteiger partial charge in [-0.1, -0.05) is 18.0 Å². The summed E-state index contributed by atoms with van der Waals surface area (Å²) in [6, 6.07) is 10.8. The third kappa shape index (κ3) is 5.06. The van der Waals surface area contributed by atoms with E-state index in [9.17, 15) is 13.2 Å². The lowest BCUT2D eigenvalue weighted by atomic mass is 10.0. The highest BCUT2D eigenvalue weighted by Gasteiger charge is 2.34. The number of carbonyl (C=O) groups is 1. The molecule has 0 aromatic heterocycles. The summed E-state index contributed by atoms with van der Waals surface area (Å²) in [6.07, 6.45) is 2.32. The van der Waals surface area contributed by atoms with Crippen molar-refractivity contribution in [3.8, 4) is 11.5 Å². The number of hydrogen-bond donors (Lipinski definition) is 1. The Morgan fingerprint density at radius 2 is 1.87 bits per heavy atom. The van der Waals surface area contributed by atoms with Crippen LogP contribution in [0.25, 0.3) is 0 Å². The van der Waals surface area contributed by atoms with Crippen molar-refractivity contribution < 1.29 is 22.7 Å². The van der Waals surface area contributed by atoms with Gasteiger partial charge < -0.3 is 14.8 Å². The molecule has 1 saturated heterocycles. The van der Waals surface area contributed by atoms with Crippen LogP contribution in [0, 0.1) is 0 Å². The Bertz CT molecular complexity index is 995.